The Labute approximate surface area is 142 Å². The average Bonchev–Trinajstić information content (AvgIpc) is 2.46. The third-order valence-corrected chi connectivity index (χ3v) is 4.46. The van der Waals surface area contributed by atoms with E-state index in [1.54, 1.807) is 0 Å². The highest BCUT2D eigenvalue weighted by Crippen LogP contribution is 2.34. The molecule has 24 heavy (non-hydrogen) atoms. The van der Waals surface area contributed by atoms with E-state index in [0.717, 1.165) is 16.8 Å². The zero-order valence-corrected chi connectivity index (χ0v) is 14.9. The van der Waals surface area contributed by atoms with E-state index < -0.39 is 10.1 Å². The zero-order chi connectivity index (χ0) is 18.1. The van der Waals surface area contributed by atoms with Crippen molar-refractivity contribution in [2.45, 2.75) is 38.0 Å². The summed E-state index contributed by atoms with van der Waals surface area (Å²) in [5, 5.41) is 8.30. The highest BCUT2D eigenvalue weighted by molar-refractivity contribution is 7.85. The Morgan fingerprint density at radius 1 is 1.00 bits per heavy atom. The maximum absolute atomic E-state index is 11.0. The number of nitrogen functional groups attached to an aromatic ring is 1. The molecule has 2 rings (SSSR count). The van der Waals surface area contributed by atoms with Crippen LogP contribution in [0.2, 0.25) is 0 Å². The molecule has 0 atom stereocenters. The summed E-state index contributed by atoms with van der Waals surface area (Å²) in [5.41, 5.74) is 9.86. The molecule has 7 heteroatoms. The maximum Gasteiger partial charge on any atom is 0.294 e. The second kappa shape index (κ2) is 6.33. The second-order valence-electron chi connectivity index (χ2n) is 6.64. The number of anilines is 1. The first-order valence-corrected chi connectivity index (χ1v) is 8.82. The quantitative estimate of drug-likeness (QED) is 0.483. The molecule has 6 nitrogen and oxygen atoms in total. The topological polar surface area (TPSA) is 105 Å². The predicted molar refractivity (Wildman–Crippen MR) is 94.7 cm³/mol. The van der Waals surface area contributed by atoms with Gasteiger partial charge in [-0.05, 0) is 59.9 Å². The molecule has 2 aromatic carbocycles. The van der Waals surface area contributed by atoms with E-state index in [9.17, 15) is 8.42 Å². The lowest BCUT2D eigenvalue weighted by Crippen LogP contribution is -2.14. The fourth-order valence-electron chi connectivity index (χ4n) is 2.26. The highest BCUT2D eigenvalue weighted by Gasteiger charge is 2.19. The minimum atomic E-state index is -4.21. The number of azo groups is 1. The van der Waals surface area contributed by atoms with Crippen molar-refractivity contribution in [3.05, 3.63) is 47.5 Å². The Bertz CT molecular complexity index is 881. The molecule has 0 radical (unpaired) electrons. The molecule has 0 heterocycles. The van der Waals surface area contributed by atoms with Gasteiger partial charge in [0, 0.05) is 5.69 Å². The molecule has 0 saturated carbocycles. The summed E-state index contributed by atoms with van der Waals surface area (Å²) >= 11 is 0. The van der Waals surface area contributed by atoms with Crippen LogP contribution in [0.5, 0.6) is 0 Å². The van der Waals surface area contributed by atoms with Crippen molar-refractivity contribution >= 4 is 27.2 Å². The SMILES string of the molecule is Cc1cc(N=Nc2ccc(S(=O)(=O)O)cc2)cc(C(C)(C)C)c1N. The summed E-state index contributed by atoms with van der Waals surface area (Å²) in [6.45, 7) is 8.15. The molecule has 0 unspecified atom stereocenters. The van der Waals surface area contributed by atoms with Gasteiger partial charge in [-0.1, -0.05) is 20.8 Å². The summed E-state index contributed by atoms with van der Waals surface area (Å²) in [7, 11) is -4.21. The molecule has 0 fully saturated rings. The van der Waals surface area contributed by atoms with Crippen molar-refractivity contribution in [2.75, 3.05) is 5.73 Å². The van der Waals surface area contributed by atoms with Gasteiger partial charge in [0.15, 0.2) is 0 Å². The highest BCUT2D eigenvalue weighted by atomic mass is 32.2. The van der Waals surface area contributed by atoms with Gasteiger partial charge in [0.05, 0.1) is 16.3 Å². The van der Waals surface area contributed by atoms with Crippen LogP contribution in [0.1, 0.15) is 31.9 Å². The van der Waals surface area contributed by atoms with Crippen molar-refractivity contribution < 1.29 is 13.0 Å². The summed E-state index contributed by atoms with van der Waals surface area (Å²) in [6.07, 6.45) is 0. The first-order valence-electron chi connectivity index (χ1n) is 7.38. The Morgan fingerprint density at radius 2 is 1.54 bits per heavy atom. The van der Waals surface area contributed by atoms with E-state index in [4.69, 9.17) is 10.3 Å². The number of hydrogen-bond donors (Lipinski definition) is 2. The van der Waals surface area contributed by atoms with Crippen LogP contribution in [0, 0.1) is 6.92 Å². The average molecular weight is 347 g/mol. The third-order valence-electron chi connectivity index (χ3n) is 3.60. The van der Waals surface area contributed by atoms with Gasteiger partial charge in [0.25, 0.3) is 10.1 Å². The Morgan fingerprint density at radius 3 is 2.04 bits per heavy atom. The molecule has 2 aromatic rings. The normalized spacial score (nSPS) is 12.7. The first-order chi connectivity index (χ1) is 11.0. The van der Waals surface area contributed by atoms with Crippen LogP contribution in [0.4, 0.5) is 17.1 Å². The van der Waals surface area contributed by atoms with Crippen LogP contribution in [0.25, 0.3) is 0 Å². The van der Waals surface area contributed by atoms with Crippen LogP contribution >= 0.6 is 0 Å². The molecule has 0 aliphatic rings. The molecular weight excluding hydrogens is 326 g/mol. The largest absolute Gasteiger partial charge is 0.398 e. The summed E-state index contributed by atoms with van der Waals surface area (Å²) in [4.78, 5) is -0.181. The van der Waals surface area contributed by atoms with Crippen molar-refractivity contribution in [2.24, 2.45) is 10.2 Å². The molecule has 0 amide bonds. The number of hydrogen-bond acceptors (Lipinski definition) is 5. The standard InChI is InChI=1S/C17H21N3O3S/c1-11-9-13(10-15(16(11)18)17(2,3)4)20-19-12-5-7-14(8-6-12)24(21,22)23/h5-10H,18H2,1-4H3,(H,21,22,23). The number of rotatable bonds is 3. The monoisotopic (exact) mass is 347 g/mol. The lowest BCUT2D eigenvalue weighted by Gasteiger charge is -2.22. The first kappa shape index (κ1) is 18.1. The summed E-state index contributed by atoms with van der Waals surface area (Å²) in [5.74, 6) is 0. The molecule has 3 N–H and O–H groups in total. The zero-order valence-electron chi connectivity index (χ0n) is 14.1. The molecule has 0 aromatic heterocycles. The molecular formula is C17H21N3O3S. The van der Waals surface area contributed by atoms with Crippen molar-refractivity contribution in [3.8, 4) is 0 Å². The summed E-state index contributed by atoms with van der Waals surface area (Å²) < 4.78 is 31.0. The van der Waals surface area contributed by atoms with Gasteiger partial charge in [-0.3, -0.25) is 4.55 Å². The molecule has 0 spiro atoms. The van der Waals surface area contributed by atoms with Crippen molar-refractivity contribution in [1.29, 1.82) is 0 Å². The summed E-state index contributed by atoms with van der Waals surface area (Å²) in [6, 6.07) is 9.25. The van der Waals surface area contributed by atoms with E-state index in [0.29, 0.717) is 11.4 Å². The van der Waals surface area contributed by atoms with Crippen LogP contribution in [0.3, 0.4) is 0 Å². The molecule has 0 aliphatic carbocycles. The minimum absolute atomic E-state index is 0.114. The van der Waals surface area contributed by atoms with Gasteiger partial charge in [0.1, 0.15) is 0 Å². The Kier molecular flexibility index (Phi) is 4.77. The van der Waals surface area contributed by atoms with Crippen LogP contribution in [-0.2, 0) is 15.5 Å². The van der Waals surface area contributed by atoms with Crippen LogP contribution in [0.15, 0.2) is 51.5 Å². The molecule has 0 bridgehead atoms. The van der Waals surface area contributed by atoms with E-state index in [-0.39, 0.29) is 10.3 Å². The van der Waals surface area contributed by atoms with Crippen molar-refractivity contribution in [3.63, 3.8) is 0 Å². The van der Waals surface area contributed by atoms with E-state index in [1.165, 1.54) is 24.3 Å². The number of aryl methyl sites for hydroxylation is 1. The number of nitrogens with two attached hydrogens (primary N) is 1. The Balaban J connectivity index is 2.34. The third kappa shape index (κ3) is 4.18. The fraction of sp³-hybridized carbons (Fsp3) is 0.294. The van der Waals surface area contributed by atoms with E-state index in [1.807, 2.05) is 19.1 Å². The van der Waals surface area contributed by atoms with Gasteiger partial charge in [-0.2, -0.15) is 18.6 Å². The van der Waals surface area contributed by atoms with E-state index >= 15 is 0 Å². The van der Waals surface area contributed by atoms with Crippen LogP contribution < -0.4 is 5.73 Å². The minimum Gasteiger partial charge on any atom is -0.398 e. The lowest BCUT2D eigenvalue weighted by atomic mass is 9.84. The van der Waals surface area contributed by atoms with Gasteiger partial charge in [0.2, 0.25) is 0 Å². The molecule has 0 aliphatic heterocycles. The van der Waals surface area contributed by atoms with E-state index in [2.05, 4.69) is 31.0 Å². The van der Waals surface area contributed by atoms with Gasteiger partial charge in [-0.15, -0.1) is 0 Å². The second-order valence-corrected chi connectivity index (χ2v) is 8.06. The predicted octanol–water partition coefficient (Wildman–Crippen LogP) is 4.54. The number of benzene rings is 2. The smallest absolute Gasteiger partial charge is 0.294 e. The maximum atomic E-state index is 11.0. The molecule has 128 valence electrons. The number of nitrogens with zero attached hydrogens (tertiary/aromatic N) is 2. The van der Waals surface area contributed by atoms with Crippen LogP contribution in [-0.4, -0.2) is 13.0 Å². The van der Waals surface area contributed by atoms with Crippen molar-refractivity contribution in [1.82, 2.24) is 0 Å². The van der Waals surface area contributed by atoms with Gasteiger partial charge >= 0.3 is 0 Å². The molecule has 0 saturated heterocycles. The van der Waals surface area contributed by atoms with Gasteiger partial charge in [-0.25, -0.2) is 0 Å². The lowest BCUT2D eigenvalue weighted by molar-refractivity contribution is 0.483. The van der Waals surface area contributed by atoms with Gasteiger partial charge < -0.3 is 5.73 Å². The fourth-order valence-corrected chi connectivity index (χ4v) is 2.74. The Hall–Kier alpha value is -2.25.